The molecule has 0 bridgehead atoms. The first-order valence-corrected chi connectivity index (χ1v) is 2.78. The maximum Gasteiger partial charge on any atom is 4.00 e. The van der Waals surface area contributed by atoms with E-state index in [2.05, 4.69) is 0 Å². The first kappa shape index (κ1) is 29.9. The predicted molar refractivity (Wildman–Crippen MR) is 43.1 cm³/mol. The minimum atomic E-state index is -0.417. The van der Waals surface area contributed by atoms with Gasteiger partial charge in [-0.1, -0.05) is 27.7 Å². The molecule has 0 rings (SSSR count). The zero-order chi connectivity index (χ0) is 7.15. The third-order valence-corrected chi connectivity index (χ3v) is 0. The molecule has 0 aromatic carbocycles. The van der Waals surface area contributed by atoms with Crippen molar-refractivity contribution in [2.45, 2.75) is 39.9 Å². The summed E-state index contributed by atoms with van der Waals surface area (Å²) in [5.41, 5.74) is 0. The van der Waals surface area contributed by atoms with Crippen LogP contribution in [0.3, 0.4) is 0 Å². The van der Waals surface area contributed by atoms with Gasteiger partial charge in [0.1, 0.15) is 0 Å². The molecule has 2 nitrogen and oxygen atoms in total. The molecule has 0 N–H and O–H groups in total. The van der Waals surface area contributed by atoms with E-state index in [1.165, 1.54) is 0 Å². The van der Waals surface area contributed by atoms with Crippen molar-refractivity contribution >= 4 is 0 Å². The van der Waals surface area contributed by atoms with Crippen molar-refractivity contribution in [2.75, 3.05) is 0 Å². The normalized spacial score (nSPS) is 6.55. The molecule has 0 radical (unpaired) electrons. The molecule has 0 fully saturated rings. The molecule has 0 spiro atoms. The average Bonchev–Trinajstić information content (AvgIpc) is 1.25. The monoisotopic (exact) mass is 196 g/mol. The number of hydrogen-bond acceptors (Lipinski definition) is 2. The molecule has 0 aromatic heterocycles. The van der Waals surface area contributed by atoms with E-state index < -0.39 is 12.2 Å². The summed E-state index contributed by atoms with van der Waals surface area (Å²) < 4.78 is 0. The van der Waals surface area contributed by atoms with Crippen LogP contribution < -0.4 is 10.2 Å². The van der Waals surface area contributed by atoms with Gasteiger partial charge >= 0.3 is 21.7 Å². The van der Waals surface area contributed by atoms with Crippen molar-refractivity contribution in [3.63, 3.8) is 0 Å². The van der Waals surface area contributed by atoms with Crippen LogP contribution in [0.4, 0.5) is 0 Å². The molecule has 0 unspecified atom stereocenters. The Labute approximate surface area is 86.9 Å². The second-order valence-electron chi connectivity index (χ2n) is 2.10. The molecule has 0 aromatic rings. The van der Waals surface area contributed by atoms with Crippen molar-refractivity contribution in [2.24, 2.45) is 0 Å². The smallest absolute Gasteiger partial charge is 0.852 e. The standard InChI is InChI=1S/2C3H7O.2CH3.Ti/c2*1-3(2)4;;;/h2*3H,1-2H3;2*1H3;/q4*-1;+4. The molecule has 0 heterocycles. The van der Waals surface area contributed by atoms with Crippen LogP contribution in [-0.4, -0.2) is 12.2 Å². The van der Waals surface area contributed by atoms with Crippen LogP contribution in [-0.2, 0) is 21.7 Å². The van der Waals surface area contributed by atoms with Gasteiger partial charge in [0.05, 0.1) is 0 Å². The molecule has 0 aliphatic rings. The van der Waals surface area contributed by atoms with Crippen LogP contribution in [0, 0.1) is 14.9 Å². The summed E-state index contributed by atoms with van der Waals surface area (Å²) in [4.78, 5) is 0. The van der Waals surface area contributed by atoms with Gasteiger partial charge in [0.25, 0.3) is 0 Å². The maximum atomic E-state index is 9.53. The van der Waals surface area contributed by atoms with E-state index in [0.29, 0.717) is 0 Å². The van der Waals surface area contributed by atoms with E-state index in [4.69, 9.17) is 0 Å². The first-order valence-electron chi connectivity index (χ1n) is 2.78. The summed E-state index contributed by atoms with van der Waals surface area (Å²) >= 11 is 0. The third kappa shape index (κ3) is 1970. The van der Waals surface area contributed by atoms with Gasteiger partial charge in [-0.05, 0) is 0 Å². The molecule has 0 saturated heterocycles. The van der Waals surface area contributed by atoms with Gasteiger partial charge in [-0.25, -0.2) is 0 Å². The minimum Gasteiger partial charge on any atom is -0.852 e. The van der Waals surface area contributed by atoms with Gasteiger partial charge in [-0.3, -0.25) is 0 Å². The Bertz CT molecular complexity index is 27.6. The van der Waals surface area contributed by atoms with Crippen molar-refractivity contribution in [3.05, 3.63) is 14.9 Å². The third-order valence-electron chi connectivity index (χ3n) is 0. The molecule has 0 aliphatic carbocycles. The van der Waals surface area contributed by atoms with Crippen LogP contribution >= 0.6 is 0 Å². The molecule has 0 amide bonds. The Hall–Kier alpha value is 0.634. The van der Waals surface area contributed by atoms with E-state index >= 15 is 0 Å². The largest absolute Gasteiger partial charge is 4.00 e. The Morgan fingerprint density at radius 3 is 0.727 bits per heavy atom. The fourth-order valence-corrected chi connectivity index (χ4v) is 0. The molecular weight excluding hydrogens is 176 g/mol. The Morgan fingerprint density at radius 2 is 0.727 bits per heavy atom. The molecule has 0 aliphatic heterocycles. The van der Waals surface area contributed by atoms with Crippen LogP contribution in [0.1, 0.15) is 27.7 Å². The van der Waals surface area contributed by atoms with Crippen LogP contribution in [0.5, 0.6) is 0 Å². The van der Waals surface area contributed by atoms with Crippen LogP contribution in [0.15, 0.2) is 0 Å². The Balaban J connectivity index is -0.0000000171. The van der Waals surface area contributed by atoms with E-state index in [0.717, 1.165) is 0 Å². The van der Waals surface area contributed by atoms with E-state index in [-0.39, 0.29) is 36.6 Å². The summed E-state index contributed by atoms with van der Waals surface area (Å²) in [6.07, 6.45) is -0.833. The van der Waals surface area contributed by atoms with Gasteiger partial charge in [0.15, 0.2) is 0 Å². The summed E-state index contributed by atoms with van der Waals surface area (Å²) in [6.45, 7) is 6.44. The summed E-state index contributed by atoms with van der Waals surface area (Å²) in [6, 6.07) is 0. The number of rotatable bonds is 0. The SMILES string of the molecule is CC(C)[O-].CC(C)[O-].[CH3-].[CH3-].[Ti+4]. The predicted octanol–water partition coefficient (Wildman–Crippen LogP) is 0.408. The van der Waals surface area contributed by atoms with Crippen molar-refractivity contribution in [1.29, 1.82) is 0 Å². The molecule has 0 saturated carbocycles. The fraction of sp³-hybridized carbons (Fsp3) is 0.750. The molecule has 11 heavy (non-hydrogen) atoms. The minimum absolute atomic E-state index is 0. The number of hydrogen-bond donors (Lipinski definition) is 0. The van der Waals surface area contributed by atoms with Gasteiger partial charge < -0.3 is 25.1 Å². The van der Waals surface area contributed by atoms with Gasteiger partial charge in [0, 0.05) is 0 Å². The fourth-order valence-electron chi connectivity index (χ4n) is 0. The van der Waals surface area contributed by atoms with Crippen LogP contribution in [0.2, 0.25) is 0 Å². The zero-order valence-electron chi connectivity index (χ0n) is 8.47. The summed E-state index contributed by atoms with van der Waals surface area (Å²) in [5.74, 6) is 0. The summed E-state index contributed by atoms with van der Waals surface area (Å²) in [7, 11) is 0. The van der Waals surface area contributed by atoms with Crippen molar-refractivity contribution in [1.82, 2.24) is 0 Å². The van der Waals surface area contributed by atoms with E-state index in [1.807, 2.05) is 0 Å². The average molecular weight is 196 g/mol. The van der Waals surface area contributed by atoms with Gasteiger partial charge in [0.2, 0.25) is 0 Å². The van der Waals surface area contributed by atoms with Gasteiger partial charge in [-0.15, -0.1) is 12.2 Å². The molecule has 3 heteroatoms. The zero-order valence-corrected chi connectivity index (χ0v) is 10.0. The van der Waals surface area contributed by atoms with Gasteiger partial charge in [-0.2, -0.15) is 0 Å². The van der Waals surface area contributed by atoms with E-state index in [1.54, 1.807) is 27.7 Å². The second kappa shape index (κ2) is 22.4. The summed E-state index contributed by atoms with van der Waals surface area (Å²) in [5, 5.41) is 19.1. The maximum absolute atomic E-state index is 9.53. The van der Waals surface area contributed by atoms with Crippen molar-refractivity contribution < 1.29 is 31.9 Å². The van der Waals surface area contributed by atoms with E-state index in [9.17, 15) is 10.2 Å². The second-order valence-corrected chi connectivity index (χ2v) is 2.10. The quantitative estimate of drug-likeness (QED) is 0.416. The first-order chi connectivity index (χ1) is 3.46. The molecular formula is C8H20O2Ti. The van der Waals surface area contributed by atoms with Crippen molar-refractivity contribution in [3.8, 4) is 0 Å². The molecule has 0 atom stereocenters. The molecule has 68 valence electrons. The Kier molecular flexibility index (Phi) is 60.9. The Morgan fingerprint density at radius 1 is 0.727 bits per heavy atom. The van der Waals surface area contributed by atoms with Crippen LogP contribution in [0.25, 0.3) is 0 Å². The topological polar surface area (TPSA) is 46.1 Å².